The first-order valence-electron chi connectivity index (χ1n) is 10.9. The van der Waals surface area contributed by atoms with E-state index in [0.717, 1.165) is 0 Å². The Bertz CT molecular complexity index is 862. The summed E-state index contributed by atoms with van der Waals surface area (Å²) >= 11 is 0. The van der Waals surface area contributed by atoms with Gasteiger partial charge in [0.05, 0.1) is 18.9 Å². The van der Waals surface area contributed by atoms with Crippen LogP contribution in [0, 0.1) is 0 Å². The Labute approximate surface area is 201 Å². The summed E-state index contributed by atoms with van der Waals surface area (Å²) in [7, 11) is 0. The summed E-state index contributed by atoms with van der Waals surface area (Å²) in [5.74, 6) is -5.55. The summed E-state index contributed by atoms with van der Waals surface area (Å²) in [5, 5.41) is 35.0. The predicted molar refractivity (Wildman–Crippen MR) is 121 cm³/mol. The number of hydrogen-bond donors (Lipinski definition) is 9. The fraction of sp³-hybridized carbons (Fsp3) is 0.600. The average molecular weight is 500 g/mol. The zero-order valence-electron chi connectivity index (χ0n) is 19.3. The zero-order chi connectivity index (χ0) is 26.5. The number of carboxylic acid groups (broad SMARTS) is 2. The van der Waals surface area contributed by atoms with Gasteiger partial charge in [0.1, 0.15) is 24.2 Å². The van der Waals surface area contributed by atoms with Crippen molar-refractivity contribution in [1.29, 1.82) is 0 Å². The van der Waals surface area contributed by atoms with Gasteiger partial charge in [-0.1, -0.05) is 0 Å². The molecule has 0 saturated heterocycles. The molecule has 0 aromatic carbocycles. The topological polar surface area (TPSA) is 263 Å². The van der Waals surface area contributed by atoms with Crippen molar-refractivity contribution in [3.63, 3.8) is 0 Å². The quantitative estimate of drug-likeness (QED) is 0.102. The standard InChI is InChI=1S/C20H33N7O8/c1-10(28)16(22)19(33)25-12(4-2-3-5-21)17(31)26-13(7-15(29)30)18(32)27-14(20(34)35)6-11-8-23-9-24-11/h8-10,12-14,16,28H,2-7,21-22H2,1H3,(H,23,24)(H,25,33)(H,26,31)(H,27,32)(H,29,30)(H,34,35). The fourth-order valence-electron chi connectivity index (χ4n) is 2.99. The lowest BCUT2D eigenvalue weighted by atomic mass is 10.1. The SMILES string of the molecule is CC(O)C(N)C(=O)NC(CCCCN)C(=O)NC(CC(=O)O)C(=O)NC(Cc1cnc[nH]1)C(=O)O. The highest BCUT2D eigenvalue weighted by atomic mass is 16.4. The van der Waals surface area contributed by atoms with E-state index in [4.69, 9.17) is 11.5 Å². The highest BCUT2D eigenvalue weighted by Gasteiger charge is 2.32. The van der Waals surface area contributed by atoms with Crippen LogP contribution < -0.4 is 27.4 Å². The second kappa shape index (κ2) is 14.6. The molecular weight excluding hydrogens is 466 g/mol. The lowest BCUT2D eigenvalue weighted by Gasteiger charge is -2.25. The van der Waals surface area contributed by atoms with Gasteiger partial charge in [0, 0.05) is 18.3 Å². The highest BCUT2D eigenvalue weighted by molar-refractivity contribution is 5.95. The molecule has 35 heavy (non-hydrogen) atoms. The Morgan fingerprint density at radius 3 is 2.11 bits per heavy atom. The molecule has 0 radical (unpaired) electrons. The van der Waals surface area contributed by atoms with Crippen molar-refractivity contribution in [2.24, 2.45) is 11.5 Å². The summed E-state index contributed by atoms with van der Waals surface area (Å²) in [5.41, 5.74) is 11.5. The number of hydrogen-bond acceptors (Lipinski definition) is 9. The first kappa shape index (κ1) is 29.5. The van der Waals surface area contributed by atoms with E-state index in [2.05, 4.69) is 25.9 Å². The van der Waals surface area contributed by atoms with E-state index in [1.54, 1.807) is 0 Å². The van der Waals surface area contributed by atoms with Crippen molar-refractivity contribution < 1.29 is 39.3 Å². The van der Waals surface area contributed by atoms with Gasteiger partial charge >= 0.3 is 11.9 Å². The summed E-state index contributed by atoms with van der Waals surface area (Å²) in [4.78, 5) is 67.2. The van der Waals surface area contributed by atoms with Crippen LogP contribution in [0.3, 0.4) is 0 Å². The number of aromatic nitrogens is 2. The van der Waals surface area contributed by atoms with Crippen molar-refractivity contribution >= 4 is 29.7 Å². The molecule has 5 atom stereocenters. The maximum atomic E-state index is 12.9. The number of aliphatic hydroxyl groups is 1. The first-order chi connectivity index (χ1) is 16.5. The molecule has 11 N–H and O–H groups in total. The lowest BCUT2D eigenvalue weighted by Crippen LogP contribution is -2.58. The van der Waals surface area contributed by atoms with Crippen LogP contribution >= 0.6 is 0 Å². The van der Waals surface area contributed by atoms with E-state index in [0.29, 0.717) is 25.1 Å². The van der Waals surface area contributed by atoms with Crippen molar-refractivity contribution in [2.75, 3.05) is 6.54 Å². The zero-order valence-corrected chi connectivity index (χ0v) is 19.3. The second-order valence-corrected chi connectivity index (χ2v) is 7.95. The van der Waals surface area contributed by atoms with Crippen LogP contribution in [0.15, 0.2) is 12.5 Å². The van der Waals surface area contributed by atoms with Gasteiger partial charge in [-0.2, -0.15) is 0 Å². The maximum Gasteiger partial charge on any atom is 0.326 e. The number of carbonyl (C=O) groups is 5. The number of nitrogens with zero attached hydrogens (tertiary/aromatic N) is 1. The van der Waals surface area contributed by atoms with Gasteiger partial charge in [-0.05, 0) is 32.7 Å². The number of unbranched alkanes of at least 4 members (excludes halogenated alkanes) is 1. The Morgan fingerprint density at radius 2 is 1.60 bits per heavy atom. The number of carboxylic acids is 2. The molecule has 0 aliphatic heterocycles. The van der Waals surface area contributed by atoms with Gasteiger partial charge < -0.3 is 47.7 Å². The number of aromatic amines is 1. The third-order valence-corrected chi connectivity index (χ3v) is 5.01. The van der Waals surface area contributed by atoms with Gasteiger partial charge in [-0.15, -0.1) is 0 Å². The molecule has 0 aliphatic rings. The molecule has 15 heteroatoms. The Hall–Kier alpha value is -3.56. The molecule has 1 aromatic heterocycles. The van der Waals surface area contributed by atoms with Crippen LogP contribution in [0.2, 0.25) is 0 Å². The minimum absolute atomic E-state index is 0.0975. The van der Waals surface area contributed by atoms with Crippen LogP contribution in [0.4, 0.5) is 0 Å². The van der Waals surface area contributed by atoms with Gasteiger partial charge in [0.25, 0.3) is 0 Å². The number of rotatable bonds is 16. The van der Waals surface area contributed by atoms with E-state index < -0.39 is 66.4 Å². The monoisotopic (exact) mass is 499 g/mol. The molecular formula is C20H33N7O8. The Kier molecular flexibility index (Phi) is 12.3. The average Bonchev–Trinajstić information content (AvgIpc) is 3.29. The highest BCUT2D eigenvalue weighted by Crippen LogP contribution is 2.06. The normalized spacial score (nSPS) is 15.2. The summed E-state index contributed by atoms with van der Waals surface area (Å²) in [6.07, 6.45) is 1.53. The third-order valence-electron chi connectivity index (χ3n) is 5.01. The maximum absolute atomic E-state index is 12.9. The lowest BCUT2D eigenvalue weighted by molar-refractivity contribution is -0.143. The molecule has 3 amide bonds. The fourth-order valence-corrected chi connectivity index (χ4v) is 2.99. The van der Waals surface area contributed by atoms with Crippen molar-refractivity contribution in [3.05, 3.63) is 18.2 Å². The summed E-state index contributed by atoms with van der Waals surface area (Å²) in [6.45, 7) is 1.62. The van der Waals surface area contributed by atoms with E-state index in [1.807, 2.05) is 0 Å². The molecule has 0 saturated carbocycles. The van der Waals surface area contributed by atoms with Gasteiger partial charge in [-0.25, -0.2) is 9.78 Å². The molecule has 0 fully saturated rings. The van der Waals surface area contributed by atoms with Gasteiger partial charge in [0.2, 0.25) is 17.7 Å². The predicted octanol–water partition coefficient (Wildman–Crippen LogP) is -3.20. The number of nitrogens with two attached hydrogens (primary N) is 2. The van der Waals surface area contributed by atoms with Crippen LogP contribution in [0.25, 0.3) is 0 Å². The van der Waals surface area contributed by atoms with Gasteiger partial charge in [0.15, 0.2) is 0 Å². The molecule has 0 spiro atoms. The molecule has 1 aromatic rings. The number of carbonyl (C=O) groups excluding carboxylic acids is 3. The Balaban J connectivity index is 2.98. The molecule has 0 bridgehead atoms. The summed E-state index contributed by atoms with van der Waals surface area (Å²) in [6, 6.07) is -5.59. The molecule has 0 aliphatic carbocycles. The number of H-pyrrole nitrogens is 1. The van der Waals surface area contributed by atoms with Crippen LogP contribution in [-0.4, -0.2) is 91.8 Å². The van der Waals surface area contributed by atoms with Gasteiger partial charge in [-0.3, -0.25) is 19.2 Å². The number of nitrogens with one attached hydrogen (secondary N) is 4. The van der Waals surface area contributed by atoms with E-state index in [9.17, 15) is 39.3 Å². The van der Waals surface area contributed by atoms with Crippen LogP contribution in [0.5, 0.6) is 0 Å². The number of amides is 3. The minimum Gasteiger partial charge on any atom is -0.481 e. The number of imidazole rings is 1. The molecule has 196 valence electrons. The van der Waals surface area contributed by atoms with Crippen molar-refractivity contribution in [1.82, 2.24) is 25.9 Å². The third kappa shape index (κ3) is 10.5. The van der Waals surface area contributed by atoms with Crippen molar-refractivity contribution in [2.45, 2.75) is 69.3 Å². The number of aliphatic carboxylic acids is 2. The van der Waals surface area contributed by atoms with E-state index >= 15 is 0 Å². The van der Waals surface area contributed by atoms with Crippen LogP contribution in [-0.2, 0) is 30.4 Å². The Morgan fingerprint density at radius 1 is 1.00 bits per heavy atom. The largest absolute Gasteiger partial charge is 0.481 e. The number of aliphatic hydroxyl groups excluding tert-OH is 1. The van der Waals surface area contributed by atoms with E-state index in [-0.39, 0.29) is 12.8 Å². The van der Waals surface area contributed by atoms with E-state index in [1.165, 1.54) is 19.4 Å². The summed E-state index contributed by atoms with van der Waals surface area (Å²) < 4.78 is 0. The van der Waals surface area contributed by atoms with Crippen molar-refractivity contribution in [3.8, 4) is 0 Å². The molecule has 1 heterocycles. The second-order valence-electron chi connectivity index (χ2n) is 7.95. The van der Waals surface area contributed by atoms with Crippen LogP contribution in [0.1, 0.15) is 38.3 Å². The minimum atomic E-state index is -1.64. The molecule has 1 rings (SSSR count). The molecule has 5 unspecified atom stereocenters. The molecule has 15 nitrogen and oxygen atoms in total. The first-order valence-corrected chi connectivity index (χ1v) is 10.9. The smallest absolute Gasteiger partial charge is 0.326 e.